The van der Waals surface area contributed by atoms with Gasteiger partial charge in [-0.1, -0.05) is 18.2 Å². The quantitative estimate of drug-likeness (QED) is 0.823. The summed E-state index contributed by atoms with van der Waals surface area (Å²) in [6, 6.07) is 12.3. The molecule has 5 nitrogen and oxygen atoms in total. The van der Waals surface area contributed by atoms with E-state index < -0.39 is 25.4 Å². The number of nitrogens with zero attached hydrogens (tertiary/aromatic N) is 2. The molecule has 1 amide bonds. The molecule has 2 heterocycles. The number of carbonyl (C=O) groups excluding carboxylic acids is 1. The standard InChI is InChI=1S/C17H14N2O3S2/c1-23(21)9-8-13-10-12(6-7-15(13)18-23)11-24(22)16-5-3-2-4-14(16)17(20)19-24/h2-10H,11H2,1H3. The zero-order valence-electron chi connectivity index (χ0n) is 12.8. The highest BCUT2D eigenvalue weighted by Crippen LogP contribution is 2.32. The summed E-state index contributed by atoms with van der Waals surface area (Å²) in [4.78, 5) is 12.5. The van der Waals surface area contributed by atoms with Gasteiger partial charge in [0.25, 0.3) is 5.91 Å². The zero-order chi connectivity index (χ0) is 16.9. The number of hydrogen-bond acceptors (Lipinski definition) is 4. The monoisotopic (exact) mass is 358 g/mol. The van der Waals surface area contributed by atoms with Crippen molar-refractivity contribution >= 4 is 37.1 Å². The fourth-order valence-electron chi connectivity index (χ4n) is 2.83. The molecule has 2 unspecified atom stereocenters. The molecule has 4 rings (SSSR count). The van der Waals surface area contributed by atoms with Crippen molar-refractivity contribution in [3.63, 3.8) is 0 Å². The van der Waals surface area contributed by atoms with Gasteiger partial charge in [-0.25, -0.2) is 8.42 Å². The van der Waals surface area contributed by atoms with Crippen LogP contribution in [0.2, 0.25) is 0 Å². The van der Waals surface area contributed by atoms with Gasteiger partial charge < -0.3 is 0 Å². The van der Waals surface area contributed by atoms with Crippen molar-refractivity contribution in [1.29, 1.82) is 0 Å². The van der Waals surface area contributed by atoms with Crippen molar-refractivity contribution in [2.24, 2.45) is 8.73 Å². The van der Waals surface area contributed by atoms with Gasteiger partial charge in [-0.05, 0) is 35.9 Å². The largest absolute Gasteiger partial charge is 0.286 e. The van der Waals surface area contributed by atoms with Gasteiger partial charge in [0.15, 0.2) is 0 Å². The van der Waals surface area contributed by atoms with Crippen LogP contribution >= 0.6 is 0 Å². The Bertz CT molecular complexity index is 1160. The highest BCUT2D eigenvalue weighted by atomic mass is 32.2. The molecule has 0 aliphatic carbocycles. The second kappa shape index (κ2) is 5.12. The van der Waals surface area contributed by atoms with Crippen molar-refractivity contribution in [3.8, 4) is 0 Å². The molecule has 2 aliphatic heterocycles. The van der Waals surface area contributed by atoms with Crippen LogP contribution in [0.5, 0.6) is 0 Å². The van der Waals surface area contributed by atoms with E-state index >= 15 is 0 Å². The lowest BCUT2D eigenvalue weighted by atomic mass is 10.1. The third-order valence-corrected chi connectivity index (χ3v) is 7.35. The van der Waals surface area contributed by atoms with Crippen LogP contribution in [0, 0.1) is 0 Å². The predicted molar refractivity (Wildman–Crippen MR) is 94.9 cm³/mol. The third-order valence-electron chi connectivity index (χ3n) is 3.93. The Hall–Kier alpha value is -2.25. The number of fused-ring (bicyclic) bond motifs is 2. The van der Waals surface area contributed by atoms with Crippen LogP contribution < -0.4 is 0 Å². The molecule has 0 aromatic heterocycles. The normalized spacial score (nSPS) is 27.1. The highest BCUT2D eigenvalue weighted by Gasteiger charge is 2.28. The van der Waals surface area contributed by atoms with Gasteiger partial charge in [0, 0.05) is 17.2 Å². The maximum absolute atomic E-state index is 13.2. The third kappa shape index (κ3) is 2.50. The summed E-state index contributed by atoms with van der Waals surface area (Å²) in [6.45, 7) is 0. The van der Waals surface area contributed by atoms with Crippen molar-refractivity contribution in [2.45, 2.75) is 10.6 Å². The first-order valence-corrected chi connectivity index (χ1v) is 10.9. The Kier molecular flexibility index (Phi) is 3.26. The van der Waals surface area contributed by atoms with Crippen LogP contribution in [-0.4, -0.2) is 20.6 Å². The summed E-state index contributed by atoms with van der Waals surface area (Å²) in [5.41, 5.74) is 2.70. The van der Waals surface area contributed by atoms with E-state index in [2.05, 4.69) is 8.73 Å². The van der Waals surface area contributed by atoms with Gasteiger partial charge in [0.2, 0.25) is 0 Å². The summed E-state index contributed by atoms with van der Waals surface area (Å²) >= 11 is 0. The minimum Gasteiger partial charge on any atom is -0.266 e. The fourth-order valence-corrected chi connectivity index (χ4v) is 5.95. The molecule has 2 aliphatic rings. The van der Waals surface area contributed by atoms with Crippen LogP contribution in [0.15, 0.2) is 61.5 Å². The molecular weight excluding hydrogens is 344 g/mol. The van der Waals surface area contributed by atoms with E-state index in [4.69, 9.17) is 0 Å². The molecule has 2 aromatic carbocycles. The first kappa shape index (κ1) is 15.3. The minimum atomic E-state index is -2.80. The van der Waals surface area contributed by atoms with Crippen molar-refractivity contribution in [2.75, 3.05) is 6.26 Å². The zero-order valence-corrected chi connectivity index (χ0v) is 14.5. The smallest absolute Gasteiger partial charge is 0.266 e. The van der Waals surface area contributed by atoms with Gasteiger partial charge in [0.05, 0.1) is 41.4 Å². The second-order valence-electron chi connectivity index (χ2n) is 5.83. The Balaban J connectivity index is 1.76. The number of carbonyl (C=O) groups is 1. The lowest BCUT2D eigenvalue weighted by Crippen LogP contribution is -2.03. The van der Waals surface area contributed by atoms with Crippen LogP contribution in [0.1, 0.15) is 21.5 Å². The molecular formula is C17H14N2O3S2. The van der Waals surface area contributed by atoms with E-state index in [0.29, 0.717) is 16.1 Å². The van der Waals surface area contributed by atoms with Crippen molar-refractivity contribution in [3.05, 3.63) is 64.6 Å². The molecule has 2 atom stereocenters. The summed E-state index contributed by atoms with van der Waals surface area (Å²) in [6.07, 6.45) is 3.35. The van der Waals surface area contributed by atoms with Gasteiger partial charge in [-0.15, -0.1) is 0 Å². The molecule has 7 heteroatoms. The van der Waals surface area contributed by atoms with Crippen molar-refractivity contribution < 1.29 is 13.2 Å². The summed E-state index contributed by atoms with van der Waals surface area (Å²) in [5.74, 6) is -0.257. The van der Waals surface area contributed by atoms with Gasteiger partial charge >= 0.3 is 0 Å². The van der Waals surface area contributed by atoms with Gasteiger partial charge in [-0.3, -0.25) is 4.79 Å². The lowest BCUT2D eigenvalue weighted by Gasteiger charge is -2.11. The molecule has 0 spiro atoms. The second-order valence-corrected chi connectivity index (χ2v) is 10.2. The van der Waals surface area contributed by atoms with Crippen molar-refractivity contribution in [1.82, 2.24) is 0 Å². The Morgan fingerprint density at radius 3 is 2.67 bits per heavy atom. The van der Waals surface area contributed by atoms with Gasteiger partial charge in [-0.2, -0.15) is 8.73 Å². The molecule has 122 valence electrons. The van der Waals surface area contributed by atoms with E-state index in [0.717, 1.165) is 11.1 Å². The first-order chi connectivity index (χ1) is 11.4. The van der Waals surface area contributed by atoms with E-state index in [-0.39, 0.29) is 5.75 Å². The molecule has 0 saturated heterocycles. The molecule has 0 fully saturated rings. The molecule has 0 N–H and O–H groups in total. The van der Waals surface area contributed by atoms with E-state index in [1.165, 1.54) is 0 Å². The predicted octanol–water partition coefficient (Wildman–Crippen LogP) is 3.58. The number of amides is 1. The van der Waals surface area contributed by atoms with Crippen LogP contribution in [0.25, 0.3) is 6.08 Å². The summed E-state index contributed by atoms with van der Waals surface area (Å²) in [7, 11) is -5.12. The van der Waals surface area contributed by atoms with E-state index in [1.807, 2.05) is 6.07 Å². The average molecular weight is 358 g/mol. The number of hydrogen-bond donors (Lipinski definition) is 0. The highest BCUT2D eigenvalue weighted by molar-refractivity contribution is 7.96. The van der Waals surface area contributed by atoms with Crippen LogP contribution in [0.3, 0.4) is 0 Å². The fraction of sp³-hybridized carbons (Fsp3) is 0.118. The topological polar surface area (TPSA) is 75.9 Å². The first-order valence-electron chi connectivity index (χ1n) is 7.28. The minimum absolute atomic E-state index is 0.165. The summed E-state index contributed by atoms with van der Waals surface area (Å²) < 4.78 is 33.3. The maximum Gasteiger partial charge on any atom is 0.286 e. The Morgan fingerprint density at radius 1 is 1.04 bits per heavy atom. The average Bonchev–Trinajstić information content (AvgIpc) is 2.79. The molecule has 24 heavy (non-hydrogen) atoms. The maximum atomic E-state index is 13.2. The van der Waals surface area contributed by atoms with E-state index in [9.17, 15) is 13.2 Å². The van der Waals surface area contributed by atoms with Gasteiger partial charge in [0.1, 0.15) is 0 Å². The lowest BCUT2D eigenvalue weighted by molar-refractivity contribution is 0.101. The Labute approximate surface area is 140 Å². The molecule has 2 aromatic rings. The molecule has 0 radical (unpaired) electrons. The van der Waals surface area contributed by atoms with Crippen LogP contribution in [0.4, 0.5) is 5.69 Å². The molecule has 0 saturated carbocycles. The molecule has 0 bridgehead atoms. The van der Waals surface area contributed by atoms with E-state index in [1.54, 1.807) is 54.1 Å². The SMILES string of the molecule is CS1(=O)=Nc2ccc(CS3(=O)=NC(=O)c4ccccc43)cc2C=C1. The summed E-state index contributed by atoms with van der Waals surface area (Å²) in [5, 5.41) is 1.58. The number of rotatable bonds is 2. The Morgan fingerprint density at radius 2 is 1.83 bits per heavy atom. The van der Waals surface area contributed by atoms with Crippen LogP contribution in [-0.2, 0) is 25.2 Å². The number of benzene rings is 2.